The second-order valence-electron chi connectivity index (χ2n) is 16.0. The van der Waals surface area contributed by atoms with E-state index >= 15 is 0 Å². The van der Waals surface area contributed by atoms with Gasteiger partial charge in [0.1, 0.15) is 0 Å². The maximum atomic E-state index is 5.14. The Hall–Kier alpha value is -8.27. The van der Waals surface area contributed by atoms with E-state index in [0.29, 0.717) is 0 Å². The van der Waals surface area contributed by atoms with Crippen LogP contribution in [-0.4, -0.2) is 14.1 Å². The molecule has 0 saturated heterocycles. The van der Waals surface area contributed by atoms with E-state index in [4.69, 9.17) is 4.98 Å². The highest BCUT2D eigenvalue weighted by Gasteiger charge is 2.17. The highest BCUT2D eigenvalue weighted by atomic mass is 15.0. The van der Waals surface area contributed by atoms with Crippen LogP contribution >= 0.6 is 0 Å². The molecular formula is C59H39N3. The predicted molar refractivity (Wildman–Crippen MR) is 260 cm³/mol. The third-order valence-corrected chi connectivity index (χ3v) is 12.3. The van der Waals surface area contributed by atoms with Gasteiger partial charge in [0.15, 0.2) is 0 Å². The maximum Gasteiger partial charge on any atom is 0.0715 e. The smallest absolute Gasteiger partial charge is 0.0715 e. The highest BCUT2D eigenvalue weighted by Crippen LogP contribution is 2.40. The van der Waals surface area contributed by atoms with Crippen LogP contribution in [0.5, 0.6) is 0 Å². The molecule has 0 unspecified atom stereocenters. The Labute approximate surface area is 360 Å². The van der Waals surface area contributed by atoms with Crippen LogP contribution in [0.15, 0.2) is 237 Å². The van der Waals surface area contributed by atoms with Gasteiger partial charge in [0, 0.05) is 44.0 Å². The van der Waals surface area contributed by atoms with E-state index in [9.17, 15) is 0 Å². The van der Waals surface area contributed by atoms with Gasteiger partial charge in [-0.1, -0.05) is 158 Å². The number of aromatic nitrogens is 3. The number of nitrogens with zero attached hydrogens (tertiary/aromatic N) is 3. The molecule has 0 aliphatic heterocycles. The summed E-state index contributed by atoms with van der Waals surface area (Å²) in [4.78, 5) is 5.14. The summed E-state index contributed by atoms with van der Waals surface area (Å²) in [5, 5.41) is 4.96. The predicted octanol–water partition coefficient (Wildman–Crippen LogP) is 15.6. The number of hydrogen-bond acceptors (Lipinski definition) is 1. The fraction of sp³-hybridized carbons (Fsp3) is 0. The molecule has 290 valence electrons. The number of hydrogen-bond donors (Lipinski definition) is 0. The van der Waals surface area contributed by atoms with E-state index in [-0.39, 0.29) is 0 Å². The van der Waals surface area contributed by atoms with Crippen LogP contribution < -0.4 is 0 Å². The molecule has 12 rings (SSSR count). The van der Waals surface area contributed by atoms with Crippen molar-refractivity contribution in [2.24, 2.45) is 0 Å². The van der Waals surface area contributed by atoms with E-state index in [0.717, 1.165) is 45.0 Å². The third-order valence-electron chi connectivity index (χ3n) is 12.3. The first-order valence-electron chi connectivity index (χ1n) is 21.2. The lowest BCUT2D eigenvalue weighted by atomic mass is 9.96. The second kappa shape index (κ2) is 14.8. The molecule has 0 spiro atoms. The first-order valence-corrected chi connectivity index (χ1v) is 21.2. The van der Waals surface area contributed by atoms with Crippen molar-refractivity contribution in [3.63, 3.8) is 0 Å². The Morgan fingerprint density at radius 2 is 0.613 bits per heavy atom. The number of fused-ring (bicyclic) bond motifs is 6. The van der Waals surface area contributed by atoms with Gasteiger partial charge in [0.25, 0.3) is 0 Å². The number of benzene rings is 9. The van der Waals surface area contributed by atoms with Gasteiger partial charge >= 0.3 is 0 Å². The van der Waals surface area contributed by atoms with Crippen LogP contribution in [0, 0.1) is 0 Å². The van der Waals surface area contributed by atoms with E-state index in [1.165, 1.54) is 65.9 Å². The van der Waals surface area contributed by atoms with Crippen molar-refractivity contribution in [2.75, 3.05) is 0 Å². The van der Waals surface area contributed by atoms with Crippen molar-refractivity contribution >= 4 is 43.6 Å². The summed E-state index contributed by atoms with van der Waals surface area (Å²) in [5.41, 5.74) is 18.2. The molecule has 3 aromatic heterocycles. The van der Waals surface area contributed by atoms with Gasteiger partial charge in [0.05, 0.1) is 33.5 Å². The molecule has 9 aromatic carbocycles. The van der Waals surface area contributed by atoms with Crippen LogP contribution in [0.2, 0.25) is 0 Å². The third kappa shape index (κ3) is 6.10. The zero-order valence-corrected chi connectivity index (χ0v) is 33.9. The molecule has 0 aliphatic carbocycles. The average Bonchev–Trinajstić information content (AvgIpc) is 3.87. The lowest BCUT2D eigenvalue weighted by Gasteiger charge is -2.12. The lowest BCUT2D eigenvalue weighted by molar-refractivity contribution is 1.18. The standard InChI is InChI=1S/C59H39N3/c1-4-16-40(17-5-1)54-38-47(39-55(60-54)41-18-6-2-7-19-41)43-21-14-20-42(34-43)45-30-32-58-52(36-45)53-37-46(31-33-59(53)61(58)48-23-8-3-9-24-48)44-22-15-25-49(35-44)62-56-28-12-10-26-50(56)51-27-11-13-29-57(51)62/h1-39H. The molecule has 0 bridgehead atoms. The molecule has 0 atom stereocenters. The summed E-state index contributed by atoms with van der Waals surface area (Å²) in [6.45, 7) is 0. The van der Waals surface area contributed by atoms with Gasteiger partial charge in [-0.25, -0.2) is 4.98 Å². The summed E-state index contributed by atoms with van der Waals surface area (Å²) in [5.74, 6) is 0. The van der Waals surface area contributed by atoms with E-state index in [1.807, 2.05) is 0 Å². The first-order chi connectivity index (χ1) is 30.7. The van der Waals surface area contributed by atoms with Gasteiger partial charge in [-0.3, -0.25) is 0 Å². The number of rotatable bonds is 7. The maximum absolute atomic E-state index is 5.14. The minimum absolute atomic E-state index is 0.957. The van der Waals surface area contributed by atoms with Crippen molar-refractivity contribution < 1.29 is 0 Å². The molecule has 0 amide bonds. The van der Waals surface area contributed by atoms with Gasteiger partial charge in [0.2, 0.25) is 0 Å². The minimum Gasteiger partial charge on any atom is -0.309 e. The molecule has 0 saturated carbocycles. The average molecular weight is 790 g/mol. The van der Waals surface area contributed by atoms with Crippen LogP contribution in [0.25, 0.3) is 111 Å². The van der Waals surface area contributed by atoms with Gasteiger partial charge < -0.3 is 9.13 Å². The molecule has 3 heteroatoms. The fourth-order valence-electron chi connectivity index (χ4n) is 9.35. The van der Waals surface area contributed by atoms with Crippen LogP contribution in [-0.2, 0) is 0 Å². The van der Waals surface area contributed by atoms with Crippen molar-refractivity contribution in [2.45, 2.75) is 0 Å². The molecule has 0 radical (unpaired) electrons. The van der Waals surface area contributed by atoms with Gasteiger partial charge in [-0.15, -0.1) is 0 Å². The molecular weight excluding hydrogens is 751 g/mol. The van der Waals surface area contributed by atoms with Crippen LogP contribution in [0.3, 0.4) is 0 Å². The summed E-state index contributed by atoms with van der Waals surface area (Å²) >= 11 is 0. The molecule has 0 fully saturated rings. The van der Waals surface area contributed by atoms with Crippen LogP contribution in [0.4, 0.5) is 0 Å². The molecule has 3 heterocycles. The Morgan fingerprint density at radius 1 is 0.226 bits per heavy atom. The van der Waals surface area contributed by atoms with E-state index in [2.05, 4.69) is 246 Å². The molecule has 12 aromatic rings. The Kier molecular flexibility index (Phi) is 8.50. The minimum atomic E-state index is 0.957. The summed E-state index contributed by atoms with van der Waals surface area (Å²) in [6.07, 6.45) is 0. The molecule has 0 aliphatic rings. The Morgan fingerprint density at radius 3 is 1.18 bits per heavy atom. The number of pyridine rings is 1. The van der Waals surface area contributed by atoms with Crippen molar-refractivity contribution in [3.05, 3.63) is 237 Å². The normalized spacial score (nSPS) is 11.5. The quantitative estimate of drug-likeness (QED) is 0.158. The lowest BCUT2D eigenvalue weighted by Crippen LogP contribution is -1.94. The molecule has 0 N–H and O–H groups in total. The van der Waals surface area contributed by atoms with E-state index in [1.54, 1.807) is 0 Å². The zero-order chi connectivity index (χ0) is 41.0. The van der Waals surface area contributed by atoms with Gasteiger partial charge in [-0.05, 0) is 112 Å². The first kappa shape index (κ1) is 35.7. The largest absolute Gasteiger partial charge is 0.309 e. The monoisotopic (exact) mass is 789 g/mol. The van der Waals surface area contributed by atoms with Gasteiger partial charge in [-0.2, -0.15) is 0 Å². The Bertz CT molecular complexity index is 3510. The molecule has 3 nitrogen and oxygen atoms in total. The SMILES string of the molecule is c1ccc(-c2cc(-c3cccc(-c4ccc5c(c4)c4cc(-c6cccc(-n7c8ccccc8c8ccccc87)c6)ccc4n5-c4ccccc4)c3)cc(-c3ccccc3)n2)cc1. The van der Waals surface area contributed by atoms with Crippen LogP contribution in [0.1, 0.15) is 0 Å². The topological polar surface area (TPSA) is 22.8 Å². The Balaban J connectivity index is 0.997. The van der Waals surface area contributed by atoms with Crippen molar-refractivity contribution in [1.29, 1.82) is 0 Å². The second-order valence-corrected chi connectivity index (χ2v) is 16.0. The zero-order valence-electron chi connectivity index (χ0n) is 33.9. The summed E-state index contributed by atoms with van der Waals surface area (Å²) in [7, 11) is 0. The highest BCUT2D eigenvalue weighted by molar-refractivity contribution is 6.12. The summed E-state index contributed by atoms with van der Waals surface area (Å²) < 4.78 is 4.79. The summed E-state index contributed by atoms with van der Waals surface area (Å²) in [6, 6.07) is 85.3. The molecule has 62 heavy (non-hydrogen) atoms. The fourth-order valence-corrected chi connectivity index (χ4v) is 9.35. The van der Waals surface area contributed by atoms with Crippen molar-refractivity contribution in [3.8, 4) is 67.3 Å². The number of para-hydroxylation sites is 3. The van der Waals surface area contributed by atoms with E-state index < -0.39 is 0 Å². The van der Waals surface area contributed by atoms with Crippen molar-refractivity contribution in [1.82, 2.24) is 14.1 Å².